The number of nitrogens with one attached hydrogen (secondary N) is 1. The highest BCUT2D eigenvalue weighted by atomic mass is 32.2. The van der Waals surface area contributed by atoms with E-state index in [4.69, 9.17) is 8.74 Å². The number of methoxy groups -OCH3 is 1. The fraction of sp³-hybridized carbons (Fsp3) is 0.318. The standard InChI is InChI=1S/C22H25N3O6S2/c1-15(31-33(28)29)14-25(18-10-7-16(8-11-18)9-12-20(26)30-2)22(27)24-19-6-4-5-17(13-23)21(19)32-3/h4-8,10-11,15H,9,12,14H2,1-3H3,(H,24,27)(H,28,29). The molecule has 2 aromatic carbocycles. The average Bonchev–Trinajstić information content (AvgIpc) is 2.80. The summed E-state index contributed by atoms with van der Waals surface area (Å²) in [5, 5.41) is 12.1. The largest absolute Gasteiger partial charge is 0.469 e. The van der Waals surface area contributed by atoms with Gasteiger partial charge >= 0.3 is 23.4 Å². The van der Waals surface area contributed by atoms with Gasteiger partial charge in [-0.2, -0.15) is 9.47 Å². The average molecular weight is 492 g/mol. The molecule has 2 rings (SSSR count). The Bertz CT molecular complexity index is 1040. The zero-order chi connectivity index (χ0) is 24.4. The Labute approximate surface area is 199 Å². The number of anilines is 2. The first kappa shape index (κ1) is 26.3. The van der Waals surface area contributed by atoms with Crippen LogP contribution in [0.4, 0.5) is 16.2 Å². The molecule has 0 radical (unpaired) electrons. The van der Waals surface area contributed by atoms with Crippen molar-refractivity contribution in [2.45, 2.75) is 30.8 Å². The van der Waals surface area contributed by atoms with Crippen molar-refractivity contribution in [1.82, 2.24) is 0 Å². The van der Waals surface area contributed by atoms with Gasteiger partial charge in [0, 0.05) is 17.0 Å². The summed E-state index contributed by atoms with van der Waals surface area (Å²) in [6, 6.07) is 13.7. The van der Waals surface area contributed by atoms with E-state index < -0.39 is 23.5 Å². The molecule has 0 fully saturated rings. The Morgan fingerprint density at radius 2 is 1.97 bits per heavy atom. The third-order valence-electron chi connectivity index (χ3n) is 4.61. The molecule has 2 atom stereocenters. The summed E-state index contributed by atoms with van der Waals surface area (Å²) in [5.41, 5.74) is 2.33. The van der Waals surface area contributed by atoms with E-state index >= 15 is 0 Å². The van der Waals surface area contributed by atoms with Gasteiger partial charge in [-0.05, 0) is 49.4 Å². The number of ether oxygens (including phenoxy) is 1. The van der Waals surface area contributed by atoms with Crippen LogP contribution in [-0.2, 0) is 31.5 Å². The number of carbonyl (C=O) groups is 2. The van der Waals surface area contributed by atoms with E-state index in [1.54, 1.807) is 49.4 Å². The molecular weight excluding hydrogens is 466 g/mol. The smallest absolute Gasteiger partial charge is 0.326 e. The molecule has 0 bridgehead atoms. The first-order valence-corrected chi connectivity index (χ1v) is 12.1. The molecule has 33 heavy (non-hydrogen) atoms. The summed E-state index contributed by atoms with van der Waals surface area (Å²) in [4.78, 5) is 26.6. The Morgan fingerprint density at radius 1 is 1.27 bits per heavy atom. The predicted octanol–water partition coefficient (Wildman–Crippen LogP) is 3.97. The van der Waals surface area contributed by atoms with Crippen LogP contribution in [0.3, 0.4) is 0 Å². The van der Waals surface area contributed by atoms with Gasteiger partial charge in [0.2, 0.25) is 0 Å². The second-order valence-electron chi connectivity index (χ2n) is 6.91. The number of nitriles is 1. The van der Waals surface area contributed by atoms with Crippen molar-refractivity contribution in [3.8, 4) is 6.07 Å². The molecule has 0 saturated heterocycles. The summed E-state index contributed by atoms with van der Waals surface area (Å²) >= 11 is -1.14. The number of urea groups is 1. The van der Waals surface area contributed by atoms with E-state index in [-0.39, 0.29) is 18.9 Å². The van der Waals surface area contributed by atoms with Crippen LogP contribution in [0.15, 0.2) is 47.4 Å². The highest BCUT2D eigenvalue weighted by Crippen LogP contribution is 2.29. The number of benzene rings is 2. The van der Waals surface area contributed by atoms with Crippen LogP contribution in [0.25, 0.3) is 0 Å². The molecule has 2 amide bonds. The fourth-order valence-corrected chi connectivity index (χ4v) is 4.07. The second-order valence-corrected chi connectivity index (χ2v) is 8.35. The SMILES string of the molecule is COC(=O)CCc1ccc(N(CC(C)OS(=O)O)C(=O)Nc2cccc(C#N)c2SC)cc1. The van der Waals surface area contributed by atoms with Gasteiger partial charge in [0.15, 0.2) is 0 Å². The molecule has 0 aliphatic heterocycles. The molecule has 9 nitrogen and oxygen atoms in total. The fourth-order valence-electron chi connectivity index (χ4n) is 3.05. The van der Waals surface area contributed by atoms with Gasteiger partial charge in [0.25, 0.3) is 0 Å². The summed E-state index contributed by atoms with van der Waals surface area (Å²) in [6.07, 6.45) is 1.79. The molecule has 2 aromatic rings. The summed E-state index contributed by atoms with van der Waals surface area (Å²) in [5.74, 6) is -0.313. The van der Waals surface area contributed by atoms with Crippen molar-refractivity contribution in [2.75, 3.05) is 30.1 Å². The number of amides is 2. The molecule has 176 valence electrons. The highest BCUT2D eigenvalue weighted by Gasteiger charge is 2.22. The first-order valence-electron chi connectivity index (χ1n) is 9.88. The maximum Gasteiger partial charge on any atom is 0.326 e. The lowest BCUT2D eigenvalue weighted by atomic mass is 10.1. The van der Waals surface area contributed by atoms with Gasteiger partial charge < -0.3 is 10.1 Å². The third-order valence-corrected chi connectivity index (χ3v) is 5.95. The van der Waals surface area contributed by atoms with Crippen molar-refractivity contribution in [1.29, 1.82) is 5.26 Å². The normalized spacial score (nSPS) is 12.3. The minimum atomic E-state index is -2.48. The Hall–Kier alpha value is -2.91. The molecule has 0 spiro atoms. The number of rotatable bonds is 10. The summed E-state index contributed by atoms with van der Waals surface area (Å²) < 4.78 is 29.6. The maximum atomic E-state index is 13.2. The number of nitrogens with zero attached hydrogens (tertiary/aromatic N) is 2. The van der Waals surface area contributed by atoms with Crippen LogP contribution in [0, 0.1) is 11.3 Å². The van der Waals surface area contributed by atoms with Gasteiger partial charge in [-0.1, -0.05) is 18.2 Å². The summed E-state index contributed by atoms with van der Waals surface area (Å²) in [7, 11) is 1.33. The quantitative estimate of drug-likeness (QED) is 0.290. The third kappa shape index (κ3) is 7.87. The molecule has 0 saturated carbocycles. The molecule has 0 aliphatic rings. The lowest BCUT2D eigenvalue weighted by Gasteiger charge is -2.26. The Morgan fingerprint density at radius 3 is 2.55 bits per heavy atom. The number of aryl methyl sites for hydroxylation is 1. The van der Waals surface area contributed by atoms with Crippen molar-refractivity contribution >= 4 is 46.5 Å². The van der Waals surface area contributed by atoms with Crippen LogP contribution >= 0.6 is 11.8 Å². The van der Waals surface area contributed by atoms with Gasteiger partial charge in [-0.3, -0.25) is 18.4 Å². The van der Waals surface area contributed by atoms with Gasteiger partial charge in [-0.15, -0.1) is 11.8 Å². The summed E-state index contributed by atoms with van der Waals surface area (Å²) in [6.45, 7) is 1.56. The molecule has 2 N–H and O–H groups in total. The molecule has 0 aromatic heterocycles. The van der Waals surface area contributed by atoms with Crippen molar-refractivity contribution < 1.29 is 27.3 Å². The number of hydrogen-bond donors (Lipinski definition) is 2. The lowest BCUT2D eigenvalue weighted by molar-refractivity contribution is -0.140. The predicted molar refractivity (Wildman–Crippen MR) is 127 cm³/mol. The zero-order valence-electron chi connectivity index (χ0n) is 18.4. The second kappa shape index (κ2) is 13.0. The van der Waals surface area contributed by atoms with E-state index in [9.17, 15) is 19.1 Å². The van der Waals surface area contributed by atoms with E-state index in [1.807, 2.05) is 6.26 Å². The minimum absolute atomic E-state index is 0.00776. The number of carbonyl (C=O) groups excluding carboxylic acids is 2. The molecule has 0 aliphatic carbocycles. The number of esters is 1. The molecule has 0 heterocycles. The van der Waals surface area contributed by atoms with Crippen molar-refractivity contribution in [2.24, 2.45) is 0 Å². The van der Waals surface area contributed by atoms with Crippen molar-refractivity contribution in [3.63, 3.8) is 0 Å². The van der Waals surface area contributed by atoms with E-state index in [1.165, 1.54) is 23.8 Å². The Balaban J connectivity index is 2.29. The van der Waals surface area contributed by atoms with Crippen LogP contribution in [0.1, 0.15) is 24.5 Å². The minimum Gasteiger partial charge on any atom is -0.469 e. The highest BCUT2D eigenvalue weighted by molar-refractivity contribution is 7.98. The van der Waals surface area contributed by atoms with Crippen LogP contribution < -0.4 is 10.2 Å². The number of hydrogen-bond acceptors (Lipinski definition) is 7. The van der Waals surface area contributed by atoms with Gasteiger partial charge in [0.1, 0.15) is 6.07 Å². The van der Waals surface area contributed by atoms with Crippen LogP contribution in [0.5, 0.6) is 0 Å². The number of thioether (sulfide) groups is 1. The zero-order valence-corrected chi connectivity index (χ0v) is 20.1. The van der Waals surface area contributed by atoms with Gasteiger partial charge in [-0.25, -0.2) is 4.79 Å². The van der Waals surface area contributed by atoms with E-state index in [0.717, 1.165) is 5.56 Å². The van der Waals surface area contributed by atoms with Gasteiger partial charge in [0.05, 0.1) is 31.0 Å². The lowest BCUT2D eigenvalue weighted by Crippen LogP contribution is -2.40. The molecular formula is C22H25N3O6S2. The first-order chi connectivity index (χ1) is 15.8. The van der Waals surface area contributed by atoms with Crippen molar-refractivity contribution in [3.05, 3.63) is 53.6 Å². The molecule has 2 unspecified atom stereocenters. The van der Waals surface area contributed by atoms with Crippen LogP contribution in [-0.4, -0.2) is 46.8 Å². The monoisotopic (exact) mass is 491 g/mol. The molecule has 11 heteroatoms. The topological polar surface area (TPSA) is 129 Å². The van der Waals surface area contributed by atoms with Crippen LogP contribution in [0.2, 0.25) is 0 Å². The van der Waals surface area contributed by atoms with E-state index in [2.05, 4.69) is 16.1 Å². The Kier molecular flexibility index (Phi) is 10.3. The maximum absolute atomic E-state index is 13.2. The van der Waals surface area contributed by atoms with E-state index in [0.29, 0.717) is 28.3 Å².